The Morgan fingerprint density at radius 2 is 2.30 bits per heavy atom. The van der Waals surface area contributed by atoms with Crippen molar-refractivity contribution >= 4 is 27.5 Å². The standard InChI is InChI=1S/C14H18BrClN4/c1-2-6-20-7-5-18-14(20)9-13(19-17)11-4-3-10(15)8-12(11)16/h3-5,7-8,13,19H,2,6,9,17H2,1H3. The quantitative estimate of drug-likeness (QED) is 0.615. The van der Waals surface area contributed by atoms with Crippen LogP contribution in [0.4, 0.5) is 0 Å². The summed E-state index contributed by atoms with van der Waals surface area (Å²) in [6.45, 7) is 3.11. The van der Waals surface area contributed by atoms with Gasteiger partial charge in [0, 0.05) is 34.9 Å². The molecule has 0 fully saturated rings. The monoisotopic (exact) mass is 356 g/mol. The van der Waals surface area contributed by atoms with Gasteiger partial charge in [-0.1, -0.05) is 40.5 Å². The minimum atomic E-state index is -0.0615. The Morgan fingerprint density at radius 1 is 1.50 bits per heavy atom. The summed E-state index contributed by atoms with van der Waals surface area (Å²) in [5.74, 6) is 6.70. The van der Waals surface area contributed by atoms with E-state index in [1.807, 2.05) is 30.6 Å². The first kappa shape index (κ1) is 15.5. The summed E-state index contributed by atoms with van der Waals surface area (Å²) in [7, 11) is 0. The van der Waals surface area contributed by atoms with Gasteiger partial charge in [0.1, 0.15) is 5.82 Å². The number of aromatic nitrogens is 2. The zero-order chi connectivity index (χ0) is 14.5. The maximum Gasteiger partial charge on any atom is 0.110 e. The lowest BCUT2D eigenvalue weighted by Crippen LogP contribution is -2.30. The lowest BCUT2D eigenvalue weighted by atomic mass is 10.0. The molecule has 1 unspecified atom stereocenters. The van der Waals surface area contributed by atoms with Crippen molar-refractivity contribution in [1.29, 1.82) is 0 Å². The average Bonchev–Trinajstić information content (AvgIpc) is 2.84. The predicted molar refractivity (Wildman–Crippen MR) is 85.4 cm³/mol. The van der Waals surface area contributed by atoms with Crippen LogP contribution in [-0.2, 0) is 13.0 Å². The molecular weight excluding hydrogens is 340 g/mol. The predicted octanol–water partition coefficient (Wildman–Crippen LogP) is 3.46. The second-order valence-electron chi connectivity index (χ2n) is 4.63. The van der Waals surface area contributed by atoms with E-state index in [2.05, 4.69) is 37.8 Å². The summed E-state index contributed by atoms with van der Waals surface area (Å²) >= 11 is 9.70. The number of benzene rings is 1. The Labute approximate surface area is 132 Å². The highest BCUT2D eigenvalue weighted by Crippen LogP contribution is 2.28. The van der Waals surface area contributed by atoms with Crippen LogP contribution in [0.15, 0.2) is 35.1 Å². The van der Waals surface area contributed by atoms with E-state index in [1.54, 1.807) is 0 Å². The number of nitrogens with one attached hydrogen (secondary N) is 1. The number of halogens is 2. The van der Waals surface area contributed by atoms with Crippen LogP contribution in [0.3, 0.4) is 0 Å². The van der Waals surface area contributed by atoms with Crippen molar-refractivity contribution in [2.45, 2.75) is 32.4 Å². The minimum Gasteiger partial charge on any atom is -0.335 e. The van der Waals surface area contributed by atoms with E-state index in [0.29, 0.717) is 11.4 Å². The number of aryl methyl sites for hydroxylation is 1. The average molecular weight is 358 g/mol. The number of hydrogen-bond acceptors (Lipinski definition) is 3. The van der Waals surface area contributed by atoms with Gasteiger partial charge in [0.25, 0.3) is 0 Å². The number of rotatable bonds is 6. The van der Waals surface area contributed by atoms with Crippen molar-refractivity contribution < 1.29 is 0 Å². The minimum absolute atomic E-state index is 0.0615. The van der Waals surface area contributed by atoms with E-state index < -0.39 is 0 Å². The van der Waals surface area contributed by atoms with E-state index >= 15 is 0 Å². The van der Waals surface area contributed by atoms with Gasteiger partial charge >= 0.3 is 0 Å². The van der Waals surface area contributed by atoms with Crippen LogP contribution < -0.4 is 11.3 Å². The Bertz CT molecular complexity index is 570. The van der Waals surface area contributed by atoms with Crippen LogP contribution >= 0.6 is 27.5 Å². The Morgan fingerprint density at radius 3 is 2.95 bits per heavy atom. The molecule has 1 aromatic carbocycles. The van der Waals surface area contributed by atoms with Gasteiger partial charge in [-0.2, -0.15) is 0 Å². The lowest BCUT2D eigenvalue weighted by molar-refractivity contribution is 0.517. The molecule has 4 nitrogen and oxygen atoms in total. The van der Waals surface area contributed by atoms with E-state index in [4.69, 9.17) is 17.4 Å². The van der Waals surface area contributed by atoms with Crippen LogP contribution in [0.1, 0.15) is 30.8 Å². The zero-order valence-corrected chi connectivity index (χ0v) is 13.7. The Balaban J connectivity index is 2.22. The van der Waals surface area contributed by atoms with Crippen LogP contribution in [0, 0.1) is 0 Å². The lowest BCUT2D eigenvalue weighted by Gasteiger charge is -2.18. The maximum absolute atomic E-state index is 6.29. The Hall–Kier alpha value is -0.880. The highest BCUT2D eigenvalue weighted by Gasteiger charge is 2.16. The van der Waals surface area contributed by atoms with Crippen molar-refractivity contribution in [3.63, 3.8) is 0 Å². The van der Waals surface area contributed by atoms with Gasteiger partial charge in [-0.05, 0) is 24.1 Å². The van der Waals surface area contributed by atoms with Gasteiger partial charge in [0.2, 0.25) is 0 Å². The molecule has 0 radical (unpaired) electrons. The smallest absolute Gasteiger partial charge is 0.110 e. The summed E-state index contributed by atoms with van der Waals surface area (Å²) in [6, 6.07) is 5.75. The number of imidazole rings is 1. The van der Waals surface area contributed by atoms with Gasteiger partial charge in [0.05, 0.1) is 6.04 Å². The molecular formula is C14H18BrClN4. The van der Waals surface area contributed by atoms with Gasteiger partial charge in [-0.25, -0.2) is 4.98 Å². The second kappa shape index (κ2) is 7.22. The van der Waals surface area contributed by atoms with Crippen molar-refractivity contribution in [1.82, 2.24) is 15.0 Å². The first-order chi connectivity index (χ1) is 9.65. The molecule has 0 bridgehead atoms. The normalized spacial score (nSPS) is 12.6. The topological polar surface area (TPSA) is 55.9 Å². The molecule has 108 valence electrons. The van der Waals surface area contributed by atoms with Crippen molar-refractivity contribution in [3.8, 4) is 0 Å². The van der Waals surface area contributed by atoms with Gasteiger partial charge < -0.3 is 4.57 Å². The third-order valence-electron chi connectivity index (χ3n) is 3.19. The molecule has 0 amide bonds. The van der Waals surface area contributed by atoms with E-state index in [0.717, 1.165) is 28.8 Å². The number of nitrogens with zero attached hydrogens (tertiary/aromatic N) is 2. The fourth-order valence-electron chi connectivity index (χ4n) is 2.20. The van der Waals surface area contributed by atoms with Gasteiger partial charge in [-0.3, -0.25) is 11.3 Å². The SMILES string of the molecule is CCCn1ccnc1CC(NN)c1ccc(Br)cc1Cl. The van der Waals surface area contributed by atoms with Gasteiger partial charge in [0.15, 0.2) is 0 Å². The molecule has 2 rings (SSSR count). The first-order valence-corrected chi connectivity index (χ1v) is 7.74. The third-order valence-corrected chi connectivity index (χ3v) is 4.01. The molecule has 1 aromatic heterocycles. The summed E-state index contributed by atoms with van der Waals surface area (Å²) in [4.78, 5) is 4.41. The van der Waals surface area contributed by atoms with Crippen molar-refractivity contribution in [3.05, 3.63) is 51.5 Å². The van der Waals surface area contributed by atoms with Crippen molar-refractivity contribution in [2.75, 3.05) is 0 Å². The summed E-state index contributed by atoms with van der Waals surface area (Å²) in [6.07, 6.45) is 5.59. The van der Waals surface area contributed by atoms with E-state index in [9.17, 15) is 0 Å². The highest BCUT2D eigenvalue weighted by atomic mass is 79.9. The maximum atomic E-state index is 6.29. The molecule has 0 aliphatic heterocycles. The summed E-state index contributed by atoms with van der Waals surface area (Å²) in [5, 5.41) is 0.691. The molecule has 0 aliphatic carbocycles. The Kier molecular flexibility index (Phi) is 5.60. The van der Waals surface area contributed by atoms with Crippen LogP contribution in [0.25, 0.3) is 0 Å². The number of nitrogens with two attached hydrogens (primary N) is 1. The number of hydrazine groups is 1. The molecule has 0 aliphatic rings. The van der Waals surface area contributed by atoms with Crippen molar-refractivity contribution in [2.24, 2.45) is 5.84 Å². The largest absolute Gasteiger partial charge is 0.335 e. The molecule has 1 heterocycles. The molecule has 1 atom stereocenters. The first-order valence-electron chi connectivity index (χ1n) is 6.56. The summed E-state index contributed by atoms with van der Waals surface area (Å²) in [5.41, 5.74) is 3.81. The van der Waals surface area contributed by atoms with E-state index in [1.165, 1.54) is 0 Å². The fourth-order valence-corrected chi connectivity index (χ4v) is 3.00. The molecule has 6 heteroatoms. The van der Waals surface area contributed by atoms with Crippen LogP contribution in [0.2, 0.25) is 5.02 Å². The highest BCUT2D eigenvalue weighted by molar-refractivity contribution is 9.10. The molecule has 3 N–H and O–H groups in total. The third kappa shape index (κ3) is 3.61. The zero-order valence-electron chi connectivity index (χ0n) is 11.3. The van der Waals surface area contributed by atoms with Gasteiger partial charge in [-0.15, -0.1) is 0 Å². The molecule has 0 spiro atoms. The summed E-state index contributed by atoms with van der Waals surface area (Å²) < 4.78 is 3.10. The molecule has 0 saturated carbocycles. The second-order valence-corrected chi connectivity index (χ2v) is 5.95. The molecule has 20 heavy (non-hydrogen) atoms. The van der Waals surface area contributed by atoms with E-state index in [-0.39, 0.29) is 6.04 Å². The van der Waals surface area contributed by atoms with Crippen LogP contribution in [-0.4, -0.2) is 9.55 Å². The fraction of sp³-hybridized carbons (Fsp3) is 0.357. The number of hydrogen-bond donors (Lipinski definition) is 2. The molecule has 0 saturated heterocycles. The molecule has 2 aromatic rings. The van der Waals surface area contributed by atoms with Crippen LogP contribution in [0.5, 0.6) is 0 Å².